The Kier molecular flexibility index (Phi) is 7.51. The number of para-hydroxylation sites is 2. The Hall–Kier alpha value is -5.32. The number of imidazole rings is 1. The zero-order valence-electron chi connectivity index (χ0n) is 27.7. The molecule has 3 aromatic heterocycles. The molecule has 0 saturated carbocycles. The SMILES string of the molecule is Cc1ccc2c(c1)N(C(=O)c1ccc(NC(=O)c3cccnc3N3CC4(CCOCC4)C3)cc1)CCc1cc(-c3nc4ccccc4[nH]3)sc1-2. The molecule has 3 aliphatic rings. The molecule has 0 aliphatic carbocycles. The second-order valence-corrected chi connectivity index (χ2v) is 14.7. The van der Waals surface area contributed by atoms with Crippen molar-refractivity contribution >= 4 is 51.4 Å². The Labute approximate surface area is 293 Å². The summed E-state index contributed by atoms with van der Waals surface area (Å²) in [6.07, 6.45) is 4.55. The maximum atomic E-state index is 14.1. The number of rotatable bonds is 5. The van der Waals surface area contributed by atoms with Crippen LogP contribution in [0.3, 0.4) is 0 Å². The van der Waals surface area contributed by atoms with Crippen LogP contribution in [-0.4, -0.2) is 59.6 Å². The van der Waals surface area contributed by atoms with Gasteiger partial charge in [0.05, 0.1) is 27.2 Å². The lowest BCUT2D eigenvalue weighted by atomic mass is 9.73. The maximum Gasteiger partial charge on any atom is 0.259 e. The molecular formula is C40H36N6O3S. The van der Waals surface area contributed by atoms with Crippen molar-refractivity contribution in [2.75, 3.05) is 48.0 Å². The summed E-state index contributed by atoms with van der Waals surface area (Å²) < 4.78 is 5.56. The fraction of sp³-hybridized carbons (Fsp3) is 0.250. The average molecular weight is 681 g/mol. The smallest absolute Gasteiger partial charge is 0.259 e. The first-order valence-electron chi connectivity index (χ1n) is 17.1. The second-order valence-electron chi connectivity index (χ2n) is 13.7. The van der Waals surface area contributed by atoms with Crippen LogP contribution in [0.1, 0.15) is 44.7 Å². The highest BCUT2D eigenvalue weighted by Gasteiger charge is 2.45. The Morgan fingerprint density at radius 2 is 1.78 bits per heavy atom. The van der Waals surface area contributed by atoms with Gasteiger partial charge >= 0.3 is 0 Å². The summed E-state index contributed by atoms with van der Waals surface area (Å²) in [5.41, 5.74) is 8.21. The first-order chi connectivity index (χ1) is 24.4. The molecule has 50 heavy (non-hydrogen) atoms. The molecule has 10 heteroatoms. The average Bonchev–Trinajstić information content (AvgIpc) is 3.73. The monoisotopic (exact) mass is 680 g/mol. The van der Waals surface area contributed by atoms with Gasteiger partial charge in [-0.1, -0.05) is 24.3 Å². The van der Waals surface area contributed by atoms with Crippen molar-refractivity contribution < 1.29 is 14.3 Å². The highest BCUT2D eigenvalue weighted by molar-refractivity contribution is 7.19. The lowest BCUT2D eigenvalue weighted by molar-refractivity contribution is -0.000509. The van der Waals surface area contributed by atoms with Crippen molar-refractivity contribution in [2.45, 2.75) is 26.2 Å². The Morgan fingerprint density at radius 3 is 2.60 bits per heavy atom. The number of nitrogens with zero attached hydrogens (tertiary/aromatic N) is 4. The Bertz CT molecular complexity index is 2230. The first kappa shape index (κ1) is 30.7. The van der Waals surface area contributed by atoms with E-state index in [4.69, 9.17) is 9.72 Å². The predicted octanol–water partition coefficient (Wildman–Crippen LogP) is 7.73. The highest BCUT2D eigenvalue weighted by atomic mass is 32.1. The molecule has 9 rings (SSSR count). The molecule has 0 radical (unpaired) electrons. The number of hydrogen-bond acceptors (Lipinski definition) is 7. The molecule has 0 bridgehead atoms. The van der Waals surface area contributed by atoms with Crippen molar-refractivity contribution in [2.24, 2.45) is 5.41 Å². The largest absolute Gasteiger partial charge is 0.381 e. The van der Waals surface area contributed by atoms with E-state index < -0.39 is 0 Å². The summed E-state index contributed by atoms with van der Waals surface area (Å²) in [5.74, 6) is 1.28. The number of thiophene rings is 1. The van der Waals surface area contributed by atoms with E-state index >= 15 is 0 Å². The molecule has 2 saturated heterocycles. The number of amides is 2. The van der Waals surface area contributed by atoms with Crippen LogP contribution < -0.4 is 15.1 Å². The van der Waals surface area contributed by atoms with E-state index in [2.05, 4.69) is 51.4 Å². The normalized spacial score (nSPS) is 16.4. The summed E-state index contributed by atoms with van der Waals surface area (Å²) in [6.45, 7) is 5.97. The topological polar surface area (TPSA) is 103 Å². The van der Waals surface area contributed by atoms with Crippen LogP contribution in [0.2, 0.25) is 0 Å². The third-order valence-corrected chi connectivity index (χ3v) is 11.5. The Morgan fingerprint density at radius 1 is 0.960 bits per heavy atom. The van der Waals surface area contributed by atoms with Gasteiger partial charge in [-0.25, -0.2) is 9.97 Å². The number of H-pyrrole nitrogens is 1. The van der Waals surface area contributed by atoms with Gasteiger partial charge in [0.25, 0.3) is 11.8 Å². The minimum absolute atomic E-state index is 0.0724. The van der Waals surface area contributed by atoms with Crippen LogP contribution in [0.4, 0.5) is 17.2 Å². The molecule has 2 fully saturated rings. The van der Waals surface area contributed by atoms with Crippen LogP contribution in [-0.2, 0) is 11.2 Å². The lowest BCUT2D eigenvalue weighted by Crippen LogP contribution is -2.59. The quantitative estimate of drug-likeness (QED) is 0.193. The molecular weight excluding hydrogens is 645 g/mol. The number of aromatic nitrogens is 3. The third kappa shape index (κ3) is 5.45. The molecule has 3 aliphatic heterocycles. The molecule has 0 unspecified atom stereocenters. The van der Waals surface area contributed by atoms with Crippen LogP contribution in [0.25, 0.3) is 32.2 Å². The van der Waals surface area contributed by atoms with E-state index in [9.17, 15) is 9.59 Å². The molecule has 0 atom stereocenters. The number of anilines is 3. The number of carbonyl (C=O) groups excluding carboxylic acids is 2. The minimum Gasteiger partial charge on any atom is -0.381 e. The lowest BCUT2D eigenvalue weighted by Gasteiger charge is -2.53. The van der Waals surface area contributed by atoms with Crippen molar-refractivity contribution in [1.82, 2.24) is 15.0 Å². The van der Waals surface area contributed by atoms with E-state index in [1.807, 2.05) is 35.2 Å². The van der Waals surface area contributed by atoms with Gasteiger partial charge in [-0.05, 0) is 98.0 Å². The van der Waals surface area contributed by atoms with Crippen LogP contribution in [0, 0.1) is 12.3 Å². The van der Waals surface area contributed by atoms with E-state index in [0.29, 0.717) is 29.2 Å². The summed E-state index contributed by atoms with van der Waals surface area (Å²) >= 11 is 1.71. The zero-order valence-corrected chi connectivity index (χ0v) is 28.6. The van der Waals surface area contributed by atoms with Gasteiger partial charge in [0.15, 0.2) is 0 Å². The predicted molar refractivity (Wildman–Crippen MR) is 198 cm³/mol. The van der Waals surface area contributed by atoms with Crippen LogP contribution in [0.5, 0.6) is 0 Å². The summed E-state index contributed by atoms with van der Waals surface area (Å²) in [5, 5.41) is 3.03. The van der Waals surface area contributed by atoms with Crippen LogP contribution in [0.15, 0.2) is 91.1 Å². The summed E-state index contributed by atoms with van der Waals surface area (Å²) in [6, 6.07) is 27.4. The number of hydrogen-bond donors (Lipinski definition) is 2. The number of ether oxygens (including phenoxy) is 1. The van der Waals surface area contributed by atoms with Gasteiger partial charge in [0, 0.05) is 66.2 Å². The van der Waals surface area contributed by atoms with Crippen LogP contribution >= 0.6 is 11.3 Å². The van der Waals surface area contributed by atoms with E-state index in [0.717, 1.165) is 84.1 Å². The number of aromatic amines is 1. The molecule has 9 nitrogen and oxygen atoms in total. The van der Waals surface area contributed by atoms with Gasteiger partial charge < -0.3 is 24.8 Å². The van der Waals surface area contributed by atoms with Crippen molar-refractivity contribution in [1.29, 1.82) is 0 Å². The standard InChI is InChI=1S/C40H36N6O3S/c1-25-8-13-29-33(21-25)46(18-14-27-22-34(50-35(27)29)36-43-31-6-2-3-7-32(31)44-36)39(48)26-9-11-28(12-10-26)42-38(47)30-5-4-17-41-37(30)45-23-40(24-45)15-19-49-20-16-40/h2-13,17,21-22H,14-16,18-20,23-24H2,1H3,(H,42,47)(H,43,44). The molecule has 2 N–H and O–H groups in total. The number of carbonyl (C=O) groups is 2. The van der Waals surface area contributed by atoms with Crippen molar-refractivity contribution in [3.05, 3.63) is 113 Å². The number of nitrogens with one attached hydrogen (secondary N) is 2. The van der Waals surface area contributed by atoms with Gasteiger partial charge in [-0.15, -0.1) is 11.3 Å². The van der Waals surface area contributed by atoms with E-state index in [1.54, 1.807) is 47.9 Å². The Balaban J connectivity index is 0.933. The van der Waals surface area contributed by atoms with E-state index in [1.165, 1.54) is 10.4 Å². The van der Waals surface area contributed by atoms with Gasteiger partial charge in [0.1, 0.15) is 11.6 Å². The molecule has 2 amide bonds. The fourth-order valence-corrected chi connectivity index (χ4v) is 8.75. The number of benzene rings is 3. The number of aryl methyl sites for hydroxylation is 1. The van der Waals surface area contributed by atoms with Crippen molar-refractivity contribution in [3.8, 4) is 21.1 Å². The van der Waals surface area contributed by atoms with Gasteiger partial charge in [-0.3, -0.25) is 9.59 Å². The molecule has 6 heterocycles. The fourth-order valence-electron chi connectivity index (χ4n) is 7.56. The molecule has 3 aromatic carbocycles. The summed E-state index contributed by atoms with van der Waals surface area (Å²) in [4.78, 5) is 46.8. The van der Waals surface area contributed by atoms with E-state index in [-0.39, 0.29) is 17.2 Å². The molecule has 6 aromatic rings. The first-order valence-corrected chi connectivity index (χ1v) is 17.9. The minimum atomic E-state index is -0.217. The summed E-state index contributed by atoms with van der Waals surface area (Å²) in [7, 11) is 0. The zero-order chi connectivity index (χ0) is 33.8. The third-order valence-electron chi connectivity index (χ3n) is 10.3. The van der Waals surface area contributed by atoms with Crippen molar-refractivity contribution in [3.63, 3.8) is 0 Å². The maximum absolute atomic E-state index is 14.1. The second kappa shape index (κ2) is 12.2. The number of fused-ring (bicyclic) bond motifs is 4. The van der Waals surface area contributed by atoms with Gasteiger partial charge in [0.2, 0.25) is 0 Å². The molecule has 1 spiro atoms. The van der Waals surface area contributed by atoms with Gasteiger partial charge in [-0.2, -0.15) is 0 Å². The highest BCUT2D eigenvalue weighted by Crippen LogP contribution is 2.45. The molecule has 250 valence electrons. The number of pyridine rings is 1.